The summed E-state index contributed by atoms with van der Waals surface area (Å²) in [6, 6.07) is 5.97. The van der Waals surface area contributed by atoms with Gasteiger partial charge >= 0.3 is 0 Å². The van der Waals surface area contributed by atoms with Gasteiger partial charge in [0.1, 0.15) is 5.75 Å². The van der Waals surface area contributed by atoms with E-state index in [0.717, 1.165) is 27.5 Å². The summed E-state index contributed by atoms with van der Waals surface area (Å²) >= 11 is 1.54. The van der Waals surface area contributed by atoms with Crippen LogP contribution in [-0.4, -0.2) is 21.7 Å². The SMILES string of the molecule is COc1ccc(C)cc1-c1nc2scc(CN)n2n1. The van der Waals surface area contributed by atoms with Crippen LogP contribution in [0.5, 0.6) is 5.75 Å². The highest BCUT2D eigenvalue weighted by Crippen LogP contribution is 2.29. The van der Waals surface area contributed by atoms with Crippen molar-refractivity contribution in [3.05, 3.63) is 34.8 Å². The number of thiazole rings is 1. The van der Waals surface area contributed by atoms with Gasteiger partial charge in [0.05, 0.1) is 18.4 Å². The van der Waals surface area contributed by atoms with Crippen LogP contribution in [0.4, 0.5) is 0 Å². The topological polar surface area (TPSA) is 65.4 Å². The predicted octanol–water partition coefficient (Wildman–Crippen LogP) is 2.23. The molecule has 0 aliphatic carbocycles. The quantitative estimate of drug-likeness (QED) is 0.795. The first kappa shape index (κ1) is 12.1. The molecule has 0 aliphatic heterocycles. The lowest BCUT2D eigenvalue weighted by molar-refractivity contribution is 0.416. The maximum Gasteiger partial charge on any atom is 0.212 e. The third-order valence-corrected chi connectivity index (χ3v) is 3.82. The van der Waals surface area contributed by atoms with E-state index < -0.39 is 0 Å². The summed E-state index contributed by atoms with van der Waals surface area (Å²) in [4.78, 5) is 5.38. The second-order valence-corrected chi connectivity index (χ2v) is 5.10. The average Bonchev–Trinajstić information content (AvgIpc) is 2.98. The van der Waals surface area contributed by atoms with Gasteiger partial charge in [0.25, 0.3) is 0 Å². The second kappa shape index (κ2) is 4.64. The summed E-state index contributed by atoms with van der Waals surface area (Å²) in [5.41, 5.74) is 8.70. The maximum atomic E-state index is 5.68. The molecule has 0 amide bonds. The van der Waals surface area contributed by atoms with Gasteiger partial charge in [-0.25, -0.2) is 4.52 Å². The number of methoxy groups -OCH3 is 1. The number of benzene rings is 1. The van der Waals surface area contributed by atoms with E-state index in [1.54, 1.807) is 23.0 Å². The molecule has 0 saturated carbocycles. The van der Waals surface area contributed by atoms with Crippen LogP contribution in [-0.2, 0) is 6.54 Å². The molecule has 98 valence electrons. The van der Waals surface area contributed by atoms with Crippen LogP contribution < -0.4 is 10.5 Å². The average molecular weight is 274 g/mol. The first-order valence-electron chi connectivity index (χ1n) is 5.91. The molecule has 2 heterocycles. The fraction of sp³-hybridized carbons (Fsp3) is 0.231. The molecule has 0 fully saturated rings. The first-order chi connectivity index (χ1) is 9.22. The molecule has 0 atom stereocenters. The molecule has 6 heteroatoms. The molecule has 0 spiro atoms. The van der Waals surface area contributed by atoms with Crippen molar-refractivity contribution in [2.75, 3.05) is 7.11 Å². The van der Waals surface area contributed by atoms with Crippen LogP contribution in [0.3, 0.4) is 0 Å². The number of hydrogen-bond donors (Lipinski definition) is 1. The summed E-state index contributed by atoms with van der Waals surface area (Å²) in [5.74, 6) is 1.44. The Morgan fingerprint density at radius 3 is 3.00 bits per heavy atom. The summed E-state index contributed by atoms with van der Waals surface area (Å²) in [7, 11) is 1.65. The Hall–Kier alpha value is -1.92. The van der Waals surface area contributed by atoms with Gasteiger partial charge in [-0.15, -0.1) is 16.4 Å². The van der Waals surface area contributed by atoms with Crippen LogP contribution >= 0.6 is 11.3 Å². The van der Waals surface area contributed by atoms with Crippen molar-refractivity contribution in [3.8, 4) is 17.1 Å². The lowest BCUT2D eigenvalue weighted by atomic mass is 10.1. The van der Waals surface area contributed by atoms with Gasteiger partial charge in [0, 0.05) is 11.9 Å². The molecular formula is C13H14N4OS. The molecule has 19 heavy (non-hydrogen) atoms. The lowest BCUT2D eigenvalue weighted by Crippen LogP contribution is -2.01. The van der Waals surface area contributed by atoms with Crippen LogP contribution in [0.15, 0.2) is 23.6 Å². The van der Waals surface area contributed by atoms with Crippen molar-refractivity contribution in [2.24, 2.45) is 5.73 Å². The molecule has 1 aromatic carbocycles. The number of nitrogens with zero attached hydrogens (tertiary/aromatic N) is 3. The van der Waals surface area contributed by atoms with Crippen molar-refractivity contribution < 1.29 is 4.74 Å². The van der Waals surface area contributed by atoms with E-state index in [2.05, 4.69) is 10.1 Å². The Morgan fingerprint density at radius 1 is 1.42 bits per heavy atom. The van der Waals surface area contributed by atoms with E-state index in [1.165, 1.54) is 0 Å². The number of aromatic nitrogens is 3. The van der Waals surface area contributed by atoms with Crippen LogP contribution in [0.1, 0.15) is 11.3 Å². The Morgan fingerprint density at radius 2 is 2.26 bits per heavy atom. The highest BCUT2D eigenvalue weighted by Gasteiger charge is 2.14. The largest absolute Gasteiger partial charge is 0.496 e. The zero-order valence-corrected chi connectivity index (χ0v) is 11.6. The minimum Gasteiger partial charge on any atom is -0.496 e. The van der Waals surface area contributed by atoms with Gasteiger partial charge in [0.15, 0.2) is 5.82 Å². The molecule has 0 saturated heterocycles. The summed E-state index contributed by atoms with van der Waals surface area (Å²) < 4.78 is 7.17. The van der Waals surface area contributed by atoms with Gasteiger partial charge < -0.3 is 10.5 Å². The molecule has 3 rings (SSSR count). The molecule has 0 unspecified atom stereocenters. The number of rotatable bonds is 3. The number of hydrogen-bond acceptors (Lipinski definition) is 5. The summed E-state index contributed by atoms with van der Waals surface area (Å²) in [6.07, 6.45) is 0. The number of fused-ring (bicyclic) bond motifs is 1. The Labute approximate surface area is 114 Å². The molecule has 0 radical (unpaired) electrons. The Balaban J connectivity index is 2.18. The van der Waals surface area contributed by atoms with Gasteiger partial charge in [0.2, 0.25) is 4.96 Å². The van der Waals surface area contributed by atoms with Crippen molar-refractivity contribution in [1.29, 1.82) is 0 Å². The van der Waals surface area contributed by atoms with Gasteiger partial charge in [-0.3, -0.25) is 0 Å². The number of nitrogens with two attached hydrogens (primary N) is 1. The molecular weight excluding hydrogens is 260 g/mol. The van der Waals surface area contributed by atoms with Crippen LogP contribution in [0.25, 0.3) is 16.3 Å². The first-order valence-corrected chi connectivity index (χ1v) is 6.79. The molecule has 3 aromatic rings. The predicted molar refractivity (Wildman–Crippen MR) is 75.5 cm³/mol. The zero-order valence-electron chi connectivity index (χ0n) is 10.8. The fourth-order valence-corrected chi connectivity index (χ4v) is 2.81. The van der Waals surface area contributed by atoms with E-state index in [0.29, 0.717) is 12.4 Å². The maximum absolute atomic E-state index is 5.68. The van der Waals surface area contributed by atoms with Gasteiger partial charge in [-0.1, -0.05) is 11.6 Å². The molecule has 5 nitrogen and oxygen atoms in total. The van der Waals surface area contributed by atoms with E-state index in [1.807, 2.05) is 30.5 Å². The molecule has 2 aromatic heterocycles. The molecule has 2 N–H and O–H groups in total. The van der Waals surface area contributed by atoms with E-state index >= 15 is 0 Å². The highest BCUT2D eigenvalue weighted by molar-refractivity contribution is 7.15. The van der Waals surface area contributed by atoms with E-state index in [-0.39, 0.29) is 0 Å². The Bertz CT molecular complexity index is 731. The van der Waals surface area contributed by atoms with Crippen molar-refractivity contribution in [3.63, 3.8) is 0 Å². The zero-order chi connectivity index (χ0) is 13.4. The normalized spacial score (nSPS) is 11.1. The van der Waals surface area contributed by atoms with E-state index in [4.69, 9.17) is 10.5 Å². The third kappa shape index (κ3) is 1.98. The van der Waals surface area contributed by atoms with E-state index in [9.17, 15) is 0 Å². The van der Waals surface area contributed by atoms with Crippen LogP contribution in [0, 0.1) is 6.92 Å². The highest BCUT2D eigenvalue weighted by atomic mass is 32.1. The van der Waals surface area contributed by atoms with Gasteiger partial charge in [-0.2, -0.15) is 4.98 Å². The molecule has 0 aliphatic rings. The second-order valence-electron chi connectivity index (χ2n) is 4.26. The number of ether oxygens (including phenoxy) is 1. The van der Waals surface area contributed by atoms with Gasteiger partial charge in [-0.05, 0) is 19.1 Å². The third-order valence-electron chi connectivity index (χ3n) is 2.95. The summed E-state index contributed by atoms with van der Waals surface area (Å²) in [6.45, 7) is 2.49. The molecule has 0 bridgehead atoms. The summed E-state index contributed by atoms with van der Waals surface area (Å²) in [5, 5.41) is 6.50. The lowest BCUT2D eigenvalue weighted by Gasteiger charge is -2.05. The van der Waals surface area contributed by atoms with Crippen molar-refractivity contribution >= 4 is 16.3 Å². The minimum atomic E-state index is 0.452. The van der Waals surface area contributed by atoms with Crippen molar-refractivity contribution in [2.45, 2.75) is 13.5 Å². The smallest absolute Gasteiger partial charge is 0.212 e. The standard InChI is InChI=1S/C13H14N4OS/c1-8-3-4-11(18-2)10(5-8)12-15-13-17(16-12)9(6-14)7-19-13/h3-5,7H,6,14H2,1-2H3. The Kier molecular flexibility index (Phi) is 2.96. The number of aryl methyl sites for hydroxylation is 1. The minimum absolute atomic E-state index is 0.452. The fourth-order valence-electron chi connectivity index (χ4n) is 1.98. The monoisotopic (exact) mass is 274 g/mol. The van der Waals surface area contributed by atoms with Crippen LogP contribution in [0.2, 0.25) is 0 Å². The van der Waals surface area contributed by atoms with Crippen molar-refractivity contribution in [1.82, 2.24) is 14.6 Å².